The largest absolute Gasteiger partial charge is 0.378 e. The maximum absolute atomic E-state index is 12.9. The zero-order chi connectivity index (χ0) is 20.1. The van der Waals surface area contributed by atoms with Crippen molar-refractivity contribution in [3.63, 3.8) is 0 Å². The standard InChI is InChI=1S/C20H30N2O5S/c1-16-5-6-19(14-17(16)2)28(24,25)22-10-8-21(9-11-22)20(23)7-13-26-15-18-4-3-12-27-18/h5-6,14,18H,3-4,7-13,15H2,1-2H3. The highest BCUT2D eigenvalue weighted by molar-refractivity contribution is 7.89. The first kappa shape index (κ1) is 21.2. The first-order valence-electron chi connectivity index (χ1n) is 9.92. The Balaban J connectivity index is 1.45. The van der Waals surface area contributed by atoms with Gasteiger partial charge >= 0.3 is 0 Å². The molecule has 0 aromatic heterocycles. The van der Waals surface area contributed by atoms with Crippen molar-refractivity contribution in [2.75, 3.05) is 46.0 Å². The second-order valence-corrected chi connectivity index (χ2v) is 9.43. The molecule has 1 aromatic carbocycles. The molecule has 1 amide bonds. The van der Waals surface area contributed by atoms with Crippen LogP contribution in [0.25, 0.3) is 0 Å². The molecule has 0 radical (unpaired) electrons. The van der Waals surface area contributed by atoms with Crippen molar-refractivity contribution in [1.82, 2.24) is 9.21 Å². The van der Waals surface area contributed by atoms with Crippen molar-refractivity contribution in [2.45, 2.75) is 44.1 Å². The van der Waals surface area contributed by atoms with Gasteiger partial charge in [-0.1, -0.05) is 6.07 Å². The number of aryl methyl sites for hydroxylation is 2. The fourth-order valence-electron chi connectivity index (χ4n) is 3.51. The second kappa shape index (κ2) is 9.35. The van der Waals surface area contributed by atoms with Gasteiger partial charge in [0.05, 0.1) is 30.6 Å². The van der Waals surface area contributed by atoms with E-state index >= 15 is 0 Å². The van der Waals surface area contributed by atoms with E-state index in [9.17, 15) is 13.2 Å². The number of carbonyl (C=O) groups excluding carboxylic acids is 1. The number of rotatable bonds is 7. The SMILES string of the molecule is Cc1ccc(S(=O)(=O)N2CCN(C(=O)CCOCC3CCCO3)CC2)cc1C. The van der Waals surface area contributed by atoms with Gasteiger partial charge in [-0.15, -0.1) is 0 Å². The van der Waals surface area contributed by atoms with Gasteiger partial charge in [0.2, 0.25) is 15.9 Å². The molecule has 1 atom stereocenters. The molecule has 2 saturated heterocycles. The number of carbonyl (C=O) groups is 1. The van der Waals surface area contributed by atoms with E-state index in [2.05, 4.69) is 0 Å². The van der Waals surface area contributed by atoms with E-state index in [1.54, 1.807) is 17.0 Å². The Morgan fingerprint density at radius 1 is 1.18 bits per heavy atom. The zero-order valence-electron chi connectivity index (χ0n) is 16.7. The molecule has 8 heteroatoms. The second-order valence-electron chi connectivity index (χ2n) is 7.49. The van der Waals surface area contributed by atoms with Crippen LogP contribution in [0.2, 0.25) is 0 Å². The minimum Gasteiger partial charge on any atom is -0.378 e. The van der Waals surface area contributed by atoms with Crippen LogP contribution >= 0.6 is 0 Å². The van der Waals surface area contributed by atoms with Crippen LogP contribution in [0.15, 0.2) is 23.1 Å². The lowest BCUT2D eigenvalue weighted by atomic mass is 10.1. The number of hydrogen-bond donors (Lipinski definition) is 0. The Morgan fingerprint density at radius 2 is 1.93 bits per heavy atom. The van der Waals surface area contributed by atoms with E-state index in [1.165, 1.54) is 4.31 Å². The van der Waals surface area contributed by atoms with Crippen LogP contribution in [0, 0.1) is 13.8 Å². The lowest BCUT2D eigenvalue weighted by Gasteiger charge is -2.34. The number of amides is 1. The van der Waals surface area contributed by atoms with Gasteiger partial charge in [-0.05, 0) is 49.9 Å². The number of sulfonamides is 1. The molecule has 1 unspecified atom stereocenters. The first-order valence-corrected chi connectivity index (χ1v) is 11.4. The third-order valence-electron chi connectivity index (χ3n) is 5.50. The van der Waals surface area contributed by atoms with Gasteiger partial charge in [-0.25, -0.2) is 8.42 Å². The minimum absolute atomic E-state index is 0.00979. The van der Waals surface area contributed by atoms with Crippen LogP contribution < -0.4 is 0 Å². The summed E-state index contributed by atoms with van der Waals surface area (Å²) in [6.45, 7) is 7.03. The summed E-state index contributed by atoms with van der Waals surface area (Å²) in [5.41, 5.74) is 2.02. The summed E-state index contributed by atoms with van der Waals surface area (Å²) in [6.07, 6.45) is 2.57. The molecule has 28 heavy (non-hydrogen) atoms. The number of nitrogens with zero attached hydrogens (tertiary/aromatic N) is 2. The molecule has 0 bridgehead atoms. The lowest BCUT2D eigenvalue weighted by molar-refractivity contribution is -0.133. The Bertz CT molecular complexity index is 782. The highest BCUT2D eigenvalue weighted by Gasteiger charge is 2.30. The van der Waals surface area contributed by atoms with Gasteiger partial charge in [-0.3, -0.25) is 4.79 Å². The molecule has 0 saturated carbocycles. The molecule has 1 aromatic rings. The van der Waals surface area contributed by atoms with Gasteiger partial charge in [-0.2, -0.15) is 4.31 Å². The third kappa shape index (κ3) is 5.11. The van der Waals surface area contributed by atoms with E-state index < -0.39 is 10.0 Å². The normalized spacial score (nSPS) is 21.2. The number of hydrogen-bond acceptors (Lipinski definition) is 5. The maximum atomic E-state index is 12.9. The van der Waals surface area contributed by atoms with Crippen LogP contribution in [0.4, 0.5) is 0 Å². The Labute approximate surface area is 167 Å². The van der Waals surface area contributed by atoms with E-state index in [-0.39, 0.29) is 12.0 Å². The topological polar surface area (TPSA) is 76.2 Å². The third-order valence-corrected chi connectivity index (χ3v) is 7.39. The predicted octanol–water partition coefficient (Wildman–Crippen LogP) is 1.72. The Kier molecular flexibility index (Phi) is 7.09. The molecule has 2 fully saturated rings. The minimum atomic E-state index is -3.52. The number of piperazine rings is 1. The van der Waals surface area contributed by atoms with Crippen LogP contribution in [0.3, 0.4) is 0 Å². The highest BCUT2D eigenvalue weighted by Crippen LogP contribution is 2.20. The number of ether oxygens (including phenoxy) is 2. The molecule has 0 aliphatic carbocycles. The van der Waals surface area contributed by atoms with Crippen molar-refractivity contribution in [2.24, 2.45) is 0 Å². The molecule has 156 valence electrons. The average Bonchev–Trinajstić information content (AvgIpc) is 3.20. The lowest BCUT2D eigenvalue weighted by Crippen LogP contribution is -2.50. The van der Waals surface area contributed by atoms with Crippen LogP contribution in [0.1, 0.15) is 30.4 Å². The predicted molar refractivity (Wildman–Crippen MR) is 106 cm³/mol. The molecule has 3 rings (SSSR count). The summed E-state index contributed by atoms with van der Waals surface area (Å²) >= 11 is 0. The molecule has 2 heterocycles. The maximum Gasteiger partial charge on any atom is 0.243 e. The van der Waals surface area contributed by atoms with E-state index in [0.29, 0.717) is 50.7 Å². The summed E-state index contributed by atoms with van der Waals surface area (Å²) in [7, 11) is -3.52. The number of benzene rings is 1. The summed E-state index contributed by atoms with van der Waals surface area (Å²) in [4.78, 5) is 14.4. The van der Waals surface area contributed by atoms with Crippen molar-refractivity contribution >= 4 is 15.9 Å². The molecule has 2 aliphatic heterocycles. The quantitative estimate of drug-likeness (QED) is 0.640. The molecular formula is C20H30N2O5S. The van der Waals surface area contributed by atoms with Crippen molar-refractivity contribution < 1.29 is 22.7 Å². The van der Waals surface area contributed by atoms with E-state index in [4.69, 9.17) is 9.47 Å². The Morgan fingerprint density at radius 3 is 2.57 bits per heavy atom. The van der Waals surface area contributed by atoms with Crippen molar-refractivity contribution in [3.05, 3.63) is 29.3 Å². The fraction of sp³-hybridized carbons (Fsp3) is 0.650. The molecule has 0 N–H and O–H groups in total. The molecule has 2 aliphatic rings. The van der Waals surface area contributed by atoms with Crippen molar-refractivity contribution in [3.8, 4) is 0 Å². The average molecular weight is 411 g/mol. The fourth-order valence-corrected chi connectivity index (χ4v) is 5.02. The summed E-state index contributed by atoms with van der Waals surface area (Å²) < 4.78 is 38.2. The van der Waals surface area contributed by atoms with Gasteiger partial charge < -0.3 is 14.4 Å². The van der Waals surface area contributed by atoms with Gasteiger partial charge in [0.25, 0.3) is 0 Å². The Hall–Kier alpha value is -1.48. The molecular weight excluding hydrogens is 380 g/mol. The monoisotopic (exact) mass is 410 g/mol. The van der Waals surface area contributed by atoms with Gasteiger partial charge in [0.15, 0.2) is 0 Å². The van der Waals surface area contributed by atoms with Gasteiger partial charge in [0, 0.05) is 32.8 Å². The molecule has 7 nitrogen and oxygen atoms in total. The summed E-state index contributed by atoms with van der Waals surface area (Å²) in [5.74, 6) is 0.00979. The van der Waals surface area contributed by atoms with Gasteiger partial charge in [0.1, 0.15) is 0 Å². The van der Waals surface area contributed by atoms with Crippen LogP contribution in [0.5, 0.6) is 0 Å². The highest BCUT2D eigenvalue weighted by atomic mass is 32.2. The first-order chi connectivity index (χ1) is 13.4. The smallest absolute Gasteiger partial charge is 0.243 e. The van der Waals surface area contributed by atoms with Crippen LogP contribution in [-0.4, -0.2) is 75.6 Å². The van der Waals surface area contributed by atoms with Crippen LogP contribution in [-0.2, 0) is 24.3 Å². The summed E-state index contributed by atoms with van der Waals surface area (Å²) in [5, 5.41) is 0. The zero-order valence-corrected chi connectivity index (χ0v) is 17.5. The molecule has 0 spiro atoms. The van der Waals surface area contributed by atoms with Crippen molar-refractivity contribution in [1.29, 1.82) is 0 Å². The van der Waals surface area contributed by atoms with E-state index in [0.717, 1.165) is 30.6 Å². The summed E-state index contributed by atoms with van der Waals surface area (Å²) in [6, 6.07) is 5.20. The van der Waals surface area contributed by atoms with E-state index in [1.807, 2.05) is 19.9 Å².